The van der Waals surface area contributed by atoms with Crippen LogP contribution in [0.4, 0.5) is 11.6 Å². The molecule has 0 saturated carbocycles. The lowest BCUT2D eigenvalue weighted by Crippen LogP contribution is -2.01. The molecule has 0 saturated heterocycles. The van der Waals surface area contributed by atoms with Crippen LogP contribution in [0.3, 0.4) is 0 Å². The third-order valence-electron chi connectivity index (χ3n) is 4.47. The monoisotopic (exact) mass is 478 g/mol. The summed E-state index contributed by atoms with van der Waals surface area (Å²) in [5.74, 6) is 0.556. The van der Waals surface area contributed by atoms with Crippen molar-refractivity contribution in [2.45, 2.75) is 41.7 Å². The number of benzene rings is 3. The summed E-state index contributed by atoms with van der Waals surface area (Å²) in [6, 6.07) is 23.1. The quantitative estimate of drug-likeness (QED) is 0.262. The maximum absolute atomic E-state index is 4.63. The Bertz CT molecular complexity index is 1250. The summed E-state index contributed by atoms with van der Waals surface area (Å²) in [5.41, 5.74) is 2.25. The molecule has 0 amide bonds. The molecule has 1 aliphatic rings. The molecule has 0 bridgehead atoms. The number of aromatic nitrogens is 3. The highest BCUT2D eigenvalue weighted by atomic mass is 32.2. The van der Waals surface area contributed by atoms with E-state index in [-0.39, 0.29) is 0 Å². The Labute approximate surface area is 198 Å². The highest BCUT2D eigenvalue weighted by Crippen LogP contribution is 2.49. The summed E-state index contributed by atoms with van der Waals surface area (Å²) in [5, 5.41) is 4.65. The van der Waals surface area contributed by atoms with Crippen molar-refractivity contribution in [3.8, 4) is 0 Å². The van der Waals surface area contributed by atoms with Crippen molar-refractivity contribution >= 4 is 58.7 Å². The average Bonchev–Trinajstić information content (AvgIpc) is 2.78. The van der Waals surface area contributed by atoms with Gasteiger partial charge in [-0.3, -0.25) is 0 Å². The summed E-state index contributed by atoms with van der Waals surface area (Å²) in [7, 11) is 0. The summed E-state index contributed by atoms with van der Waals surface area (Å²) in [6.07, 6.45) is 1.97. The van der Waals surface area contributed by atoms with Crippen molar-refractivity contribution < 1.29 is 0 Å². The van der Waals surface area contributed by atoms with E-state index in [0.29, 0.717) is 16.3 Å². The molecular weight excluding hydrogens is 461 g/mol. The first-order valence-corrected chi connectivity index (χ1v) is 13.2. The Morgan fingerprint density at radius 1 is 0.742 bits per heavy atom. The van der Waals surface area contributed by atoms with Crippen molar-refractivity contribution in [1.82, 2.24) is 15.0 Å². The van der Waals surface area contributed by atoms with Gasteiger partial charge < -0.3 is 5.32 Å². The molecule has 4 aromatic rings. The van der Waals surface area contributed by atoms with Crippen LogP contribution >= 0.6 is 47.0 Å². The standard InChI is InChI=1S/C23H18N4S4/c1-14-8-10-17-19(12-14)30-18-11-9-16(13-20(18)31-17)29-23-26-21(25-22(27-23)28-2)24-15-6-4-3-5-7-15/h3-13H,1-2H3,(H,24,25,26,27). The molecule has 0 atom stereocenters. The number of thioether (sulfide) groups is 1. The first kappa shape index (κ1) is 20.8. The van der Waals surface area contributed by atoms with E-state index in [1.165, 1.54) is 36.9 Å². The Morgan fingerprint density at radius 3 is 2.23 bits per heavy atom. The third-order valence-corrected chi connectivity index (χ3v) is 8.40. The van der Waals surface area contributed by atoms with Gasteiger partial charge in [-0.15, -0.1) is 0 Å². The predicted octanol–water partition coefficient (Wildman–Crippen LogP) is 7.41. The van der Waals surface area contributed by atoms with Crippen molar-refractivity contribution in [3.63, 3.8) is 0 Å². The number of para-hydroxylation sites is 1. The first-order chi connectivity index (χ1) is 15.2. The molecule has 8 heteroatoms. The largest absolute Gasteiger partial charge is 0.324 e. The highest BCUT2D eigenvalue weighted by molar-refractivity contribution is 8.05. The van der Waals surface area contributed by atoms with Gasteiger partial charge in [0.25, 0.3) is 0 Å². The topological polar surface area (TPSA) is 50.7 Å². The van der Waals surface area contributed by atoms with Gasteiger partial charge in [-0.1, -0.05) is 59.6 Å². The molecule has 31 heavy (non-hydrogen) atoms. The van der Waals surface area contributed by atoms with E-state index in [9.17, 15) is 0 Å². The van der Waals surface area contributed by atoms with E-state index in [2.05, 4.69) is 63.6 Å². The van der Waals surface area contributed by atoms with Crippen LogP contribution in [0, 0.1) is 6.92 Å². The zero-order chi connectivity index (χ0) is 21.2. The van der Waals surface area contributed by atoms with Crippen molar-refractivity contribution in [2.24, 2.45) is 0 Å². The Balaban J connectivity index is 1.39. The average molecular weight is 479 g/mol. The van der Waals surface area contributed by atoms with Gasteiger partial charge in [0.05, 0.1) is 0 Å². The molecule has 0 fully saturated rings. The van der Waals surface area contributed by atoms with Crippen LogP contribution in [-0.4, -0.2) is 21.2 Å². The number of rotatable bonds is 5. The zero-order valence-corrected chi connectivity index (χ0v) is 20.1. The molecule has 0 radical (unpaired) electrons. The fourth-order valence-corrected chi connectivity index (χ4v) is 6.63. The maximum atomic E-state index is 4.63. The fourth-order valence-electron chi connectivity index (χ4n) is 3.02. The number of aryl methyl sites for hydroxylation is 1. The van der Waals surface area contributed by atoms with Gasteiger partial charge in [-0.25, -0.2) is 0 Å². The molecule has 3 aromatic carbocycles. The molecule has 2 heterocycles. The molecule has 1 aliphatic heterocycles. The van der Waals surface area contributed by atoms with Gasteiger partial charge in [0, 0.05) is 30.2 Å². The van der Waals surface area contributed by atoms with Crippen LogP contribution in [-0.2, 0) is 0 Å². The van der Waals surface area contributed by atoms with Crippen LogP contribution < -0.4 is 5.32 Å². The fraction of sp³-hybridized carbons (Fsp3) is 0.0870. The number of hydrogen-bond acceptors (Lipinski definition) is 8. The third kappa shape index (κ3) is 4.87. The number of hydrogen-bond donors (Lipinski definition) is 1. The SMILES string of the molecule is CSc1nc(Nc2ccccc2)nc(Sc2ccc3c(c2)Sc2ccc(C)cc2S3)n1. The van der Waals surface area contributed by atoms with E-state index in [1.807, 2.05) is 60.1 Å². The lowest BCUT2D eigenvalue weighted by atomic mass is 10.2. The highest BCUT2D eigenvalue weighted by Gasteiger charge is 2.18. The maximum Gasteiger partial charge on any atom is 0.232 e. The zero-order valence-electron chi connectivity index (χ0n) is 16.8. The van der Waals surface area contributed by atoms with Gasteiger partial charge >= 0.3 is 0 Å². The molecule has 1 aromatic heterocycles. The second-order valence-electron chi connectivity index (χ2n) is 6.78. The van der Waals surface area contributed by atoms with E-state index in [1.54, 1.807) is 11.8 Å². The Kier molecular flexibility index (Phi) is 6.13. The van der Waals surface area contributed by atoms with Crippen LogP contribution in [0.5, 0.6) is 0 Å². The van der Waals surface area contributed by atoms with Crippen LogP contribution in [0.25, 0.3) is 0 Å². The summed E-state index contributed by atoms with van der Waals surface area (Å²) in [6.45, 7) is 2.14. The minimum absolute atomic E-state index is 0.556. The molecule has 0 spiro atoms. The van der Waals surface area contributed by atoms with Crippen molar-refractivity contribution in [1.29, 1.82) is 0 Å². The van der Waals surface area contributed by atoms with Crippen molar-refractivity contribution in [3.05, 3.63) is 72.3 Å². The van der Waals surface area contributed by atoms with Gasteiger partial charge in [0.15, 0.2) is 10.3 Å². The Hall–Kier alpha value is -2.13. The molecule has 4 nitrogen and oxygen atoms in total. The minimum Gasteiger partial charge on any atom is -0.324 e. The smallest absolute Gasteiger partial charge is 0.232 e. The molecular formula is C23H18N4S4. The minimum atomic E-state index is 0.556. The van der Waals surface area contributed by atoms with E-state index >= 15 is 0 Å². The van der Waals surface area contributed by atoms with Crippen LogP contribution in [0.1, 0.15) is 5.56 Å². The molecule has 0 unspecified atom stereocenters. The Morgan fingerprint density at radius 2 is 1.45 bits per heavy atom. The molecule has 154 valence electrons. The van der Waals surface area contributed by atoms with E-state index < -0.39 is 0 Å². The second-order valence-corrected chi connectivity index (χ2v) is 10.8. The number of nitrogens with zero attached hydrogens (tertiary/aromatic N) is 3. The van der Waals surface area contributed by atoms with E-state index in [0.717, 1.165) is 10.6 Å². The normalized spacial score (nSPS) is 12.2. The molecule has 0 aliphatic carbocycles. The summed E-state index contributed by atoms with van der Waals surface area (Å²) < 4.78 is 0. The lowest BCUT2D eigenvalue weighted by molar-refractivity contribution is 0.811. The number of nitrogens with one attached hydrogen (secondary N) is 1. The lowest BCUT2D eigenvalue weighted by Gasteiger charge is -2.19. The molecule has 1 N–H and O–H groups in total. The first-order valence-electron chi connectivity index (χ1n) is 9.57. The summed E-state index contributed by atoms with van der Waals surface area (Å²) >= 11 is 6.73. The van der Waals surface area contributed by atoms with Gasteiger partial charge in [0.1, 0.15) is 0 Å². The number of anilines is 2. The number of fused-ring (bicyclic) bond motifs is 2. The summed E-state index contributed by atoms with van der Waals surface area (Å²) in [4.78, 5) is 20.1. The van der Waals surface area contributed by atoms with E-state index in [4.69, 9.17) is 0 Å². The van der Waals surface area contributed by atoms with Gasteiger partial charge in [0.2, 0.25) is 5.95 Å². The van der Waals surface area contributed by atoms with Crippen LogP contribution in [0.15, 0.2) is 102 Å². The predicted molar refractivity (Wildman–Crippen MR) is 131 cm³/mol. The van der Waals surface area contributed by atoms with Crippen molar-refractivity contribution in [2.75, 3.05) is 11.6 Å². The van der Waals surface area contributed by atoms with Crippen LogP contribution in [0.2, 0.25) is 0 Å². The second kappa shape index (κ2) is 9.16. The van der Waals surface area contributed by atoms with Gasteiger partial charge in [-0.2, -0.15) is 15.0 Å². The van der Waals surface area contributed by atoms with Gasteiger partial charge in [-0.05, 0) is 73.0 Å². The molecule has 5 rings (SSSR count).